The zero-order chi connectivity index (χ0) is 28.2. The smallest absolute Gasteiger partial charge is 0.338 e. The molecule has 218 valence electrons. The predicted octanol–water partition coefficient (Wildman–Crippen LogP) is 10.3. The SMILES string of the molecule is CCCCC(CCCCCC(C)C)OC(=O)c1cccc(C(=O)OC(CCCC)CCCCCC(C)C)c1. The van der Waals surface area contributed by atoms with Gasteiger partial charge in [0.15, 0.2) is 0 Å². The molecular weight excluding hydrogens is 472 g/mol. The van der Waals surface area contributed by atoms with E-state index in [1.165, 1.54) is 38.5 Å². The van der Waals surface area contributed by atoms with Gasteiger partial charge in [-0.05, 0) is 68.6 Å². The second-order valence-corrected chi connectivity index (χ2v) is 12.0. The van der Waals surface area contributed by atoms with Gasteiger partial charge in [-0.3, -0.25) is 0 Å². The Kier molecular flexibility index (Phi) is 18.9. The number of benzene rings is 1. The lowest BCUT2D eigenvalue weighted by Gasteiger charge is -2.19. The monoisotopic (exact) mass is 530 g/mol. The standard InChI is InChI=1S/C34H58O4/c1-7-9-22-31(24-15-11-13-18-27(3)4)37-33(35)29-20-17-21-30(26-29)34(36)38-32(23-10-8-2)25-16-12-14-19-28(5)6/h17,20-21,26-28,31-32H,7-16,18-19,22-25H2,1-6H3. The van der Waals surface area contributed by atoms with Gasteiger partial charge in [-0.25, -0.2) is 9.59 Å². The third-order valence-electron chi connectivity index (χ3n) is 7.26. The van der Waals surface area contributed by atoms with Crippen LogP contribution in [0, 0.1) is 11.8 Å². The van der Waals surface area contributed by atoms with E-state index in [2.05, 4.69) is 41.5 Å². The van der Waals surface area contributed by atoms with Crippen LogP contribution in [0.5, 0.6) is 0 Å². The first kappa shape index (κ1) is 34.2. The Morgan fingerprint density at radius 3 is 1.32 bits per heavy atom. The fourth-order valence-electron chi connectivity index (χ4n) is 4.80. The molecule has 38 heavy (non-hydrogen) atoms. The molecule has 1 aromatic rings. The summed E-state index contributed by atoms with van der Waals surface area (Å²) in [6.45, 7) is 13.4. The van der Waals surface area contributed by atoms with E-state index in [9.17, 15) is 9.59 Å². The highest BCUT2D eigenvalue weighted by molar-refractivity contribution is 5.95. The van der Waals surface area contributed by atoms with Crippen LogP contribution < -0.4 is 0 Å². The van der Waals surface area contributed by atoms with Gasteiger partial charge in [-0.15, -0.1) is 0 Å². The van der Waals surface area contributed by atoms with Crippen LogP contribution in [0.25, 0.3) is 0 Å². The average Bonchev–Trinajstić information content (AvgIpc) is 2.89. The maximum absolute atomic E-state index is 13.0. The number of ether oxygens (including phenoxy) is 2. The van der Waals surface area contributed by atoms with Gasteiger partial charge in [0.1, 0.15) is 12.2 Å². The van der Waals surface area contributed by atoms with E-state index in [4.69, 9.17) is 9.47 Å². The predicted molar refractivity (Wildman–Crippen MR) is 160 cm³/mol. The van der Waals surface area contributed by atoms with Crippen molar-refractivity contribution >= 4 is 11.9 Å². The van der Waals surface area contributed by atoms with Crippen molar-refractivity contribution in [3.8, 4) is 0 Å². The van der Waals surface area contributed by atoms with Gasteiger partial charge >= 0.3 is 11.9 Å². The molecule has 1 aromatic carbocycles. The molecule has 0 radical (unpaired) electrons. The first-order valence-corrected chi connectivity index (χ1v) is 15.8. The van der Waals surface area contributed by atoms with Crippen molar-refractivity contribution < 1.29 is 19.1 Å². The molecule has 2 unspecified atom stereocenters. The Morgan fingerprint density at radius 2 is 0.947 bits per heavy atom. The van der Waals surface area contributed by atoms with Crippen LogP contribution >= 0.6 is 0 Å². The summed E-state index contributed by atoms with van der Waals surface area (Å²) in [4.78, 5) is 26.0. The Labute approximate surface area is 234 Å². The molecule has 1 rings (SSSR count). The van der Waals surface area contributed by atoms with E-state index in [-0.39, 0.29) is 24.1 Å². The highest BCUT2D eigenvalue weighted by Gasteiger charge is 2.20. The number of esters is 2. The summed E-state index contributed by atoms with van der Waals surface area (Å²) in [7, 11) is 0. The maximum atomic E-state index is 13.0. The van der Waals surface area contributed by atoms with Crippen molar-refractivity contribution in [2.45, 2.75) is 156 Å². The number of hydrogen-bond acceptors (Lipinski definition) is 4. The Morgan fingerprint density at radius 1 is 0.579 bits per heavy atom. The van der Waals surface area contributed by atoms with Gasteiger partial charge in [0, 0.05) is 0 Å². The van der Waals surface area contributed by atoms with Crippen LogP contribution in [0.3, 0.4) is 0 Å². The molecule has 0 aliphatic heterocycles. The molecule has 0 heterocycles. The first-order valence-electron chi connectivity index (χ1n) is 15.8. The van der Waals surface area contributed by atoms with Gasteiger partial charge in [0.25, 0.3) is 0 Å². The van der Waals surface area contributed by atoms with E-state index in [0.717, 1.165) is 76.0 Å². The van der Waals surface area contributed by atoms with Crippen molar-refractivity contribution in [1.82, 2.24) is 0 Å². The van der Waals surface area contributed by atoms with E-state index < -0.39 is 0 Å². The molecule has 0 spiro atoms. The van der Waals surface area contributed by atoms with Crippen molar-refractivity contribution in [2.75, 3.05) is 0 Å². The topological polar surface area (TPSA) is 52.6 Å². The summed E-state index contributed by atoms with van der Waals surface area (Å²) < 4.78 is 11.9. The van der Waals surface area contributed by atoms with Gasteiger partial charge in [0.2, 0.25) is 0 Å². The Bertz CT molecular complexity index is 695. The zero-order valence-corrected chi connectivity index (χ0v) is 25.6. The van der Waals surface area contributed by atoms with Crippen LogP contribution in [-0.2, 0) is 9.47 Å². The number of carbonyl (C=O) groups is 2. The number of hydrogen-bond donors (Lipinski definition) is 0. The zero-order valence-electron chi connectivity index (χ0n) is 25.6. The minimum atomic E-state index is -0.337. The lowest BCUT2D eigenvalue weighted by Crippen LogP contribution is -2.20. The molecule has 0 bridgehead atoms. The lowest BCUT2D eigenvalue weighted by molar-refractivity contribution is 0.0248. The van der Waals surface area contributed by atoms with E-state index in [1.807, 2.05) is 0 Å². The first-order chi connectivity index (χ1) is 18.3. The number of rotatable bonds is 22. The van der Waals surface area contributed by atoms with Crippen LogP contribution in [0.2, 0.25) is 0 Å². The fourth-order valence-corrected chi connectivity index (χ4v) is 4.80. The number of unbranched alkanes of at least 4 members (excludes halogenated alkanes) is 6. The van der Waals surface area contributed by atoms with E-state index in [1.54, 1.807) is 24.3 Å². The van der Waals surface area contributed by atoms with Gasteiger partial charge in [-0.2, -0.15) is 0 Å². The van der Waals surface area contributed by atoms with Crippen LogP contribution in [0.4, 0.5) is 0 Å². The quantitative estimate of drug-likeness (QED) is 0.110. The highest BCUT2D eigenvalue weighted by atomic mass is 16.5. The average molecular weight is 531 g/mol. The molecule has 0 saturated heterocycles. The van der Waals surface area contributed by atoms with Gasteiger partial charge in [-0.1, -0.05) is 112 Å². The summed E-state index contributed by atoms with van der Waals surface area (Å²) in [6.07, 6.45) is 17.2. The molecule has 4 heteroatoms. The van der Waals surface area contributed by atoms with Crippen molar-refractivity contribution in [2.24, 2.45) is 11.8 Å². The van der Waals surface area contributed by atoms with Crippen LogP contribution in [-0.4, -0.2) is 24.1 Å². The lowest BCUT2D eigenvalue weighted by atomic mass is 10.0. The number of carbonyl (C=O) groups excluding carboxylic acids is 2. The molecule has 0 fully saturated rings. The van der Waals surface area contributed by atoms with Gasteiger partial charge < -0.3 is 9.47 Å². The maximum Gasteiger partial charge on any atom is 0.338 e. The summed E-state index contributed by atoms with van der Waals surface area (Å²) in [5.41, 5.74) is 0.860. The third kappa shape index (κ3) is 16.2. The molecule has 0 aliphatic rings. The van der Waals surface area contributed by atoms with Crippen molar-refractivity contribution in [3.05, 3.63) is 35.4 Å². The molecule has 4 nitrogen and oxygen atoms in total. The summed E-state index contributed by atoms with van der Waals surface area (Å²) in [5.74, 6) is 0.796. The fraction of sp³-hybridized carbons (Fsp3) is 0.765. The summed E-state index contributed by atoms with van der Waals surface area (Å²) in [5, 5.41) is 0. The highest BCUT2D eigenvalue weighted by Crippen LogP contribution is 2.20. The molecular formula is C34H58O4. The largest absolute Gasteiger partial charge is 0.459 e. The molecule has 0 aliphatic carbocycles. The third-order valence-corrected chi connectivity index (χ3v) is 7.26. The van der Waals surface area contributed by atoms with E-state index in [0.29, 0.717) is 11.1 Å². The van der Waals surface area contributed by atoms with Crippen LogP contribution in [0.1, 0.15) is 165 Å². The molecule has 0 amide bonds. The minimum absolute atomic E-state index is 0.0637. The molecule has 0 aromatic heterocycles. The second-order valence-electron chi connectivity index (χ2n) is 12.0. The Balaban J connectivity index is 2.70. The van der Waals surface area contributed by atoms with Crippen molar-refractivity contribution in [1.29, 1.82) is 0 Å². The van der Waals surface area contributed by atoms with Gasteiger partial charge in [0.05, 0.1) is 11.1 Å². The minimum Gasteiger partial charge on any atom is -0.459 e. The molecule has 0 saturated carbocycles. The Hall–Kier alpha value is -1.84. The molecule has 2 atom stereocenters. The normalized spacial score (nSPS) is 13.1. The van der Waals surface area contributed by atoms with Crippen molar-refractivity contribution in [3.63, 3.8) is 0 Å². The molecule has 0 N–H and O–H groups in total. The second kappa shape index (κ2) is 21.0. The summed E-state index contributed by atoms with van der Waals surface area (Å²) >= 11 is 0. The van der Waals surface area contributed by atoms with Crippen LogP contribution in [0.15, 0.2) is 24.3 Å². The summed E-state index contributed by atoms with van der Waals surface area (Å²) in [6, 6.07) is 6.88. The van der Waals surface area contributed by atoms with E-state index >= 15 is 0 Å².